The topological polar surface area (TPSA) is 66.5 Å². The quantitative estimate of drug-likeness (QED) is 0.665. The molecule has 1 aromatic rings. The van der Waals surface area contributed by atoms with Crippen LogP contribution in [0.1, 0.15) is 33.6 Å². The number of unbranched alkanes of at least 4 members (excludes halogenated alkanes) is 1. The number of carbonyl (C=O) groups is 3. The first-order valence-electron chi connectivity index (χ1n) is 6.62. The van der Waals surface area contributed by atoms with Crippen LogP contribution in [-0.2, 0) is 4.79 Å². The van der Waals surface area contributed by atoms with E-state index in [1.54, 1.807) is 29.6 Å². The molecule has 1 aliphatic heterocycles. The van der Waals surface area contributed by atoms with Crippen LogP contribution in [-0.4, -0.2) is 41.9 Å². The number of imide groups is 1. The number of rotatable bonds is 5. The summed E-state index contributed by atoms with van der Waals surface area (Å²) >= 11 is 0. The van der Waals surface area contributed by atoms with Crippen molar-refractivity contribution in [1.29, 1.82) is 0 Å². The summed E-state index contributed by atoms with van der Waals surface area (Å²) in [7, 11) is 0. The van der Waals surface area contributed by atoms with Crippen molar-refractivity contribution in [3.8, 4) is 0 Å². The number of carbonyl (C=O) groups excluding carboxylic acids is 3. The molecule has 0 radical (unpaired) electrons. The number of alkyl halides is 3. The van der Waals surface area contributed by atoms with Crippen LogP contribution in [0.15, 0.2) is 24.3 Å². The van der Waals surface area contributed by atoms with E-state index in [2.05, 4.69) is 0 Å². The fourth-order valence-corrected chi connectivity index (χ4v) is 2.14. The number of halogens is 3. The van der Waals surface area contributed by atoms with Gasteiger partial charge in [-0.05, 0) is 25.0 Å². The molecule has 3 amide bonds. The number of hydrogen-bond acceptors (Lipinski definition) is 3. The Kier molecular flexibility index (Phi) is 4.48. The summed E-state index contributed by atoms with van der Waals surface area (Å²) in [5, 5.41) is 1.74. The second-order valence-corrected chi connectivity index (χ2v) is 4.77. The van der Waals surface area contributed by atoms with Crippen molar-refractivity contribution in [2.24, 2.45) is 0 Å². The van der Waals surface area contributed by atoms with Crippen molar-refractivity contribution in [2.75, 3.05) is 13.1 Å². The maximum atomic E-state index is 12.0. The monoisotopic (exact) mass is 314 g/mol. The van der Waals surface area contributed by atoms with Crippen LogP contribution in [0.2, 0.25) is 0 Å². The Morgan fingerprint density at radius 1 is 1.05 bits per heavy atom. The minimum absolute atomic E-state index is 0.105. The molecule has 0 unspecified atom stereocenters. The summed E-state index contributed by atoms with van der Waals surface area (Å²) in [5.41, 5.74) is 0.663. The van der Waals surface area contributed by atoms with Gasteiger partial charge in [-0.3, -0.25) is 19.3 Å². The van der Waals surface area contributed by atoms with Gasteiger partial charge in [-0.25, -0.2) is 0 Å². The molecule has 0 atom stereocenters. The van der Waals surface area contributed by atoms with Crippen molar-refractivity contribution in [2.45, 2.75) is 19.0 Å². The second-order valence-electron chi connectivity index (χ2n) is 4.77. The Labute approximate surface area is 124 Å². The lowest BCUT2D eigenvalue weighted by Crippen LogP contribution is -2.37. The van der Waals surface area contributed by atoms with Gasteiger partial charge in [-0.15, -0.1) is 0 Å². The zero-order valence-corrected chi connectivity index (χ0v) is 11.4. The van der Waals surface area contributed by atoms with Gasteiger partial charge in [0, 0.05) is 13.1 Å². The molecular formula is C14H13F3N2O3. The molecule has 0 aliphatic carbocycles. The van der Waals surface area contributed by atoms with Crippen LogP contribution in [0.3, 0.4) is 0 Å². The lowest BCUT2D eigenvalue weighted by atomic mass is 10.1. The second kappa shape index (κ2) is 6.17. The zero-order valence-electron chi connectivity index (χ0n) is 11.4. The first-order valence-corrected chi connectivity index (χ1v) is 6.62. The predicted molar refractivity (Wildman–Crippen MR) is 70.1 cm³/mol. The summed E-state index contributed by atoms with van der Waals surface area (Å²) in [6.45, 7) is -0.0598. The van der Waals surface area contributed by atoms with Crippen LogP contribution in [0.5, 0.6) is 0 Å². The molecule has 0 bridgehead atoms. The third-order valence-corrected chi connectivity index (χ3v) is 3.23. The van der Waals surface area contributed by atoms with E-state index in [1.807, 2.05) is 0 Å². The first-order chi connectivity index (χ1) is 10.3. The van der Waals surface area contributed by atoms with Gasteiger partial charge >= 0.3 is 12.1 Å². The van der Waals surface area contributed by atoms with Crippen LogP contribution < -0.4 is 5.32 Å². The van der Waals surface area contributed by atoms with Gasteiger partial charge in [0.1, 0.15) is 0 Å². The number of nitrogens with zero attached hydrogens (tertiary/aromatic N) is 1. The van der Waals surface area contributed by atoms with Crippen molar-refractivity contribution in [1.82, 2.24) is 10.2 Å². The first kappa shape index (κ1) is 16.0. The summed E-state index contributed by atoms with van der Waals surface area (Å²) in [6, 6.07) is 6.42. The number of hydrogen-bond donors (Lipinski definition) is 1. The third kappa shape index (κ3) is 3.26. The van der Waals surface area contributed by atoms with E-state index >= 15 is 0 Å². The van der Waals surface area contributed by atoms with Gasteiger partial charge in [0.15, 0.2) is 0 Å². The maximum Gasteiger partial charge on any atom is 0.471 e. The Morgan fingerprint density at radius 3 is 2.09 bits per heavy atom. The van der Waals surface area contributed by atoms with Crippen molar-refractivity contribution in [3.63, 3.8) is 0 Å². The highest BCUT2D eigenvalue weighted by atomic mass is 19.4. The minimum Gasteiger partial charge on any atom is -0.348 e. The van der Waals surface area contributed by atoms with Gasteiger partial charge < -0.3 is 5.32 Å². The molecule has 1 aromatic carbocycles. The normalized spacial score (nSPS) is 14.2. The van der Waals surface area contributed by atoms with E-state index in [9.17, 15) is 27.6 Å². The van der Waals surface area contributed by atoms with E-state index in [0.717, 1.165) is 4.90 Å². The SMILES string of the molecule is O=C1c2ccccc2C(=O)N1CCCCNC(=O)C(F)(F)F. The summed E-state index contributed by atoms with van der Waals surface area (Å²) in [4.78, 5) is 35.6. The molecule has 22 heavy (non-hydrogen) atoms. The Hall–Kier alpha value is -2.38. The standard InChI is InChI=1S/C14H13F3N2O3/c15-14(16,17)13(22)18-7-3-4-8-19-11(20)9-5-1-2-6-10(9)12(19)21/h1-2,5-6H,3-4,7-8H2,(H,18,22). The molecule has 1 N–H and O–H groups in total. The average Bonchev–Trinajstić information content (AvgIpc) is 2.71. The predicted octanol–water partition coefficient (Wildman–Crippen LogP) is 1.74. The minimum atomic E-state index is -4.90. The number of amides is 3. The largest absolute Gasteiger partial charge is 0.471 e. The van der Waals surface area contributed by atoms with E-state index in [-0.39, 0.29) is 19.5 Å². The smallest absolute Gasteiger partial charge is 0.348 e. The number of fused-ring (bicyclic) bond motifs is 1. The molecule has 118 valence electrons. The fourth-order valence-electron chi connectivity index (χ4n) is 2.14. The van der Waals surface area contributed by atoms with Crippen LogP contribution in [0.25, 0.3) is 0 Å². The number of benzene rings is 1. The molecule has 1 aliphatic rings. The maximum absolute atomic E-state index is 12.0. The highest BCUT2D eigenvalue weighted by Crippen LogP contribution is 2.22. The van der Waals surface area contributed by atoms with Crippen molar-refractivity contribution >= 4 is 17.7 Å². The highest BCUT2D eigenvalue weighted by Gasteiger charge is 2.38. The molecule has 0 saturated carbocycles. The molecule has 2 rings (SSSR count). The van der Waals surface area contributed by atoms with Crippen molar-refractivity contribution in [3.05, 3.63) is 35.4 Å². The van der Waals surface area contributed by atoms with Gasteiger partial charge in [0.05, 0.1) is 11.1 Å². The third-order valence-electron chi connectivity index (χ3n) is 3.23. The zero-order chi connectivity index (χ0) is 16.3. The van der Waals surface area contributed by atoms with Crippen LogP contribution >= 0.6 is 0 Å². The van der Waals surface area contributed by atoms with Crippen molar-refractivity contribution < 1.29 is 27.6 Å². The fraction of sp³-hybridized carbons (Fsp3) is 0.357. The molecule has 0 spiro atoms. The highest BCUT2D eigenvalue weighted by molar-refractivity contribution is 6.21. The summed E-state index contributed by atoms with van der Waals surface area (Å²) in [6.07, 6.45) is -4.36. The molecule has 8 heteroatoms. The lowest BCUT2D eigenvalue weighted by Gasteiger charge is -2.13. The van der Waals surface area contributed by atoms with Gasteiger partial charge in [0.25, 0.3) is 11.8 Å². The summed E-state index contributed by atoms with van der Waals surface area (Å²) in [5.74, 6) is -2.80. The van der Waals surface area contributed by atoms with Gasteiger partial charge in [-0.2, -0.15) is 13.2 Å². The Balaban J connectivity index is 1.79. The molecule has 0 fully saturated rings. The molecule has 0 saturated heterocycles. The Morgan fingerprint density at radius 2 is 1.59 bits per heavy atom. The molecule has 0 aromatic heterocycles. The van der Waals surface area contributed by atoms with E-state index in [1.165, 1.54) is 0 Å². The molecule has 5 nitrogen and oxygen atoms in total. The molecule has 1 heterocycles. The average molecular weight is 314 g/mol. The lowest BCUT2D eigenvalue weighted by molar-refractivity contribution is -0.173. The van der Waals surface area contributed by atoms with Crippen LogP contribution in [0.4, 0.5) is 13.2 Å². The summed E-state index contributed by atoms with van der Waals surface area (Å²) < 4.78 is 35.8. The molecular weight excluding hydrogens is 301 g/mol. The van der Waals surface area contributed by atoms with E-state index < -0.39 is 23.9 Å². The van der Waals surface area contributed by atoms with E-state index in [4.69, 9.17) is 0 Å². The van der Waals surface area contributed by atoms with E-state index in [0.29, 0.717) is 17.5 Å². The number of nitrogens with one attached hydrogen (secondary N) is 1. The Bertz CT molecular complexity index is 579. The van der Waals surface area contributed by atoms with Gasteiger partial charge in [-0.1, -0.05) is 12.1 Å². The van der Waals surface area contributed by atoms with Crippen LogP contribution in [0, 0.1) is 0 Å². The van der Waals surface area contributed by atoms with Gasteiger partial charge in [0.2, 0.25) is 0 Å².